The SMILES string of the molecule is COC1OC(CO)C(OC2OC(CO)C(OC3OC(CO)C(OC)C(O)C3NC(C)=O)C(O)C2NC(C)=O)C(O)C1NC(C)=O. The van der Waals surface area contributed by atoms with E-state index in [-0.39, 0.29) is 0 Å². The van der Waals surface area contributed by atoms with Crippen molar-refractivity contribution in [3.05, 3.63) is 0 Å². The lowest BCUT2D eigenvalue weighted by Gasteiger charge is -2.50. The first-order valence-corrected chi connectivity index (χ1v) is 14.3. The lowest BCUT2D eigenvalue weighted by Crippen LogP contribution is -2.71. The standard InChI is InChI=1S/C26H45N3O16/c1-9(33)27-15-19(37)22(13(7-31)41-24(15)40-5)44-26-17(29-11(3)35)20(38)23(14(8-32)43-26)45-25-16(28-10(2)34)18(36)21(39-4)12(6-30)42-25/h12-26,30-32,36-38H,6-8H2,1-5H3,(H,27,33)(H,28,34)(H,29,35). The van der Waals surface area contributed by atoms with Crippen LogP contribution in [0.2, 0.25) is 0 Å². The van der Waals surface area contributed by atoms with E-state index in [9.17, 15) is 45.0 Å². The van der Waals surface area contributed by atoms with Crippen molar-refractivity contribution in [2.45, 2.75) is 113 Å². The number of ether oxygens (including phenoxy) is 7. The molecule has 0 aromatic carbocycles. The summed E-state index contributed by atoms with van der Waals surface area (Å²) >= 11 is 0. The van der Waals surface area contributed by atoms with Crippen LogP contribution < -0.4 is 16.0 Å². The minimum absolute atomic E-state index is 0.528. The Morgan fingerprint density at radius 2 is 0.867 bits per heavy atom. The van der Waals surface area contributed by atoms with E-state index >= 15 is 0 Å². The maximum atomic E-state index is 12.2. The second-order valence-corrected chi connectivity index (χ2v) is 11.0. The Morgan fingerprint density at radius 3 is 1.18 bits per heavy atom. The summed E-state index contributed by atoms with van der Waals surface area (Å²) in [7, 11) is 2.54. The van der Waals surface area contributed by atoms with E-state index in [0.29, 0.717) is 0 Å². The molecular weight excluding hydrogens is 610 g/mol. The molecule has 0 saturated carbocycles. The molecule has 15 unspecified atom stereocenters. The van der Waals surface area contributed by atoms with Crippen LogP contribution in [-0.4, -0.2) is 174 Å². The minimum atomic E-state index is -1.72. The predicted octanol–water partition coefficient (Wildman–Crippen LogP) is -5.83. The first-order valence-electron chi connectivity index (χ1n) is 14.3. The topological polar surface area (TPSA) is 273 Å². The maximum Gasteiger partial charge on any atom is 0.217 e. The Labute approximate surface area is 259 Å². The highest BCUT2D eigenvalue weighted by molar-refractivity contribution is 5.74. The molecule has 3 amide bonds. The number of hydrogen-bond donors (Lipinski definition) is 9. The zero-order valence-electron chi connectivity index (χ0n) is 25.5. The van der Waals surface area contributed by atoms with Crippen LogP contribution in [0.25, 0.3) is 0 Å². The van der Waals surface area contributed by atoms with Gasteiger partial charge in [-0.1, -0.05) is 0 Å². The highest BCUT2D eigenvalue weighted by Gasteiger charge is 2.54. The van der Waals surface area contributed by atoms with Crippen molar-refractivity contribution < 1.29 is 78.2 Å². The van der Waals surface area contributed by atoms with E-state index in [1.165, 1.54) is 28.1 Å². The number of amides is 3. The van der Waals surface area contributed by atoms with Crippen molar-refractivity contribution in [1.82, 2.24) is 16.0 Å². The van der Waals surface area contributed by atoms with Gasteiger partial charge < -0.3 is 79.7 Å². The third kappa shape index (κ3) is 8.63. The van der Waals surface area contributed by atoms with Crippen molar-refractivity contribution in [3.8, 4) is 0 Å². The molecule has 3 rings (SSSR count). The van der Waals surface area contributed by atoms with Crippen molar-refractivity contribution in [2.75, 3.05) is 34.0 Å². The van der Waals surface area contributed by atoms with Gasteiger partial charge in [-0.05, 0) is 0 Å². The summed E-state index contributed by atoms with van der Waals surface area (Å²) in [6, 6.07) is -3.86. The summed E-state index contributed by atoms with van der Waals surface area (Å²) in [5.41, 5.74) is 0. The van der Waals surface area contributed by atoms with Gasteiger partial charge in [-0.2, -0.15) is 0 Å². The highest BCUT2D eigenvalue weighted by atomic mass is 16.7. The molecule has 15 atom stereocenters. The van der Waals surface area contributed by atoms with Gasteiger partial charge in [0.15, 0.2) is 18.9 Å². The zero-order chi connectivity index (χ0) is 33.6. The fourth-order valence-electron chi connectivity index (χ4n) is 5.74. The average molecular weight is 656 g/mol. The number of rotatable bonds is 12. The van der Waals surface area contributed by atoms with E-state index in [1.807, 2.05) is 0 Å². The summed E-state index contributed by atoms with van der Waals surface area (Å²) in [6.07, 6.45) is -16.7. The first-order chi connectivity index (χ1) is 21.3. The molecule has 0 bridgehead atoms. The molecule has 3 heterocycles. The van der Waals surface area contributed by atoms with E-state index in [1.54, 1.807) is 0 Å². The number of methoxy groups -OCH3 is 2. The second kappa shape index (κ2) is 16.6. The molecule has 3 saturated heterocycles. The number of carbonyl (C=O) groups excluding carboxylic acids is 3. The quantitative estimate of drug-likeness (QED) is 0.0947. The zero-order valence-corrected chi connectivity index (χ0v) is 25.5. The summed E-state index contributed by atoms with van der Waals surface area (Å²) in [6.45, 7) is 1.46. The van der Waals surface area contributed by atoms with E-state index in [0.717, 1.165) is 6.92 Å². The van der Waals surface area contributed by atoms with Crippen LogP contribution in [-0.2, 0) is 47.5 Å². The van der Waals surface area contributed by atoms with Crippen LogP contribution in [0.3, 0.4) is 0 Å². The fourth-order valence-corrected chi connectivity index (χ4v) is 5.74. The Kier molecular flexibility index (Phi) is 13.8. The molecule has 19 nitrogen and oxygen atoms in total. The van der Waals surface area contributed by atoms with Crippen LogP contribution >= 0.6 is 0 Å². The summed E-state index contributed by atoms with van der Waals surface area (Å²) in [5.74, 6) is -1.74. The van der Waals surface area contributed by atoms with Gasteiger partial charge in [-0.25, -0.2) is 0 Å². The first kappa shape index (κ1) is 37.3. The number of hydrogen-bond acceptors (Lipinski definition) is 16. The molecule has 0 aromatic rings. The number of carbonyl (C=O) groups is 3. The molecule has 0 aromatic heterocycles. The van der Waals surface area contributed by atoms with Crippen LogP contribution in [0.4, 0.5) is 0 Å². The van der Waals surface area contributed by atoms with Gasteiger partial charge in [0, 0.05) is 35.0 Å². The molecular formula is C26H45N3O16. The van der Waals surface area contributed by atoms with Gasteiger partial charge in [-0.15, -0.1) is 0 Å². The molecule has 19 heteroatoms. The molecule has 0 spiro atoms. The second-order valence-electron chi connectivity index (χ2n) is 11.0. The van der Waals surface area contributed by atoms with Gasteiger partial charge in [-0.3, -0.25) is 14.4 Å². The van der Waals surface area contributed by atoms with Crippen molar-refractivity contribution in [1.29, 1.82) is 0 Å². The molecule has 0 aliphatic carbocycles. The van der Waals surface area contributed by atoms with E-state index in [2.05, 4.69) is 16.0 Å². The monoisotopic (exact) mass is 655 g/mol. The van der Waals surface area contributed by atoms with Crippen LogP contribution in [0, 0.1) is 0 Å². The summed E-state index contributed by atoms with van der Waals surface area (Å²) in [5, 5.41) is 71.1. The van der Waals surface area contributed by atoms with E-state index < -0.39 is 129 Å². The third-order valence-corrected chi connectivity index (χ3v) is 7.76. The van der Waals surface area contributed by atoms with Crippen molar-refractivity contribution >= 4 is 17.7 Å². The fraction of sp³-hybridized carbons (Fsp3) is 0.885. The van der Waals surface area contributed by atoms with Crippen molar-refractivity contribution in [3.63, 3.8) is 0 Å². The van der Waals surface area contributed by atoms with Gasteiger partial charge >= 0.3 is 0 Å². The van der Waals surface area contributed by atoms with Crippen molar-refractivity contribution in [2.24, 2.45) is 0 Å². The third-order valence-electron chi connectivity index (χ3n) is 7.76. The van der Waals surface area contributed by atoms with Crippen LogP contribution in [0.15, 0.2) is 0 Å². The van der Waals surface area contributed by atoms with Crippen LogP contribution in [0.1, 0.15) is 20.8 Å². The van der Waals surface area contributed by atoms with Gasteiger partial charge in [0.2, 0.25) is 17.7 Å². The molecule has 260 valence electrons. The smallest absolute Gasteiger partial charge is 0.217 e. The summed E-state index contributed by atoms with van der Waals surface area (Å²) < 4.78 is 39.8. The molecule has 3 aliphatic heterocycles. The molecule has 9 N–H and O–H groups in total. The maximum absolute atomic E-state index is 12.2. The number of aliphatic hydroxyl groups excluding tert-OH is 6. The predicted molar refractivity (Wildman–Crippen MR) is 146 cm³/mol. The number of aliphatic hydroxyl groups is 6. The van der Waals surface area contributed by atoms with Gasteiger partial charge in [0.05, 0.1) is 19.8 Å². The lowest BCUT2D eigenvalue weighted by atomic mass is 9.93. The molecule has 3 aliphatic rings. The molecule has 45 heavy (non-hydrogen) atoms. The Balaban J connectivity index is 1.91. The van der Waals surface area contributed by atoms with Gasteiger partial charge in [0.1, 0.15) is 73.1 Å². The van der Waals surface area contributed by atoms with Gasteiger partial charge in [0.25, 0.3) is 0 Å². The lowest BCUT2D eigenvalue weighted by molar-refractivity contribution is -0.353. The Hall–Kier alpha value is -2.11. The number of nitrogens with one attached hydrogen (secondary N) is 3. The van der Waals surface area contributed by atoms with Crippen LogP contribution in [0.5, 0.6) is 0 Å². The van der Waals surface area contributed by atoms with E-state index in [4.69, 9.17) is 33.2 Å². The largest absolute Gasteiger partial charge is 0.394 e. The normalized spacial score (nSPS) is 42.1. The summed E-state index contributed by atoms with van der Waals surface area (Å²) in [4.78, 5) is 36.0. The molecule has 3 fully saturated rings. The Morgan fingerprint density at radius 1 is 0.556 bits per heavy atom. The minimum Gasteiger partial charge on any atom is -0.394 e. The Bertz CT molecular complexity index is 994. The highest BCUT2D eigenvalue weighted by Crippen LogP contribution is 2.33. The average Bonchev–Trinajstić information content (AvgIpc) is 2.98. The molecule has 0 radical (unpaired) electrons.